The second-order valence-electron chi connectivity index (χ2n) is 5.43. The van der Waals surface area contributed by atoms with Gasteiger partial charge < -0.3 is 9.47 Å². The maximum Gasteiger partial charge on any atom is 0.363 e. The summed E-state index contributed by atoms with van der Waals surface area (Å²) in [6, 6.07) is 10.8. The average molecular weight is 385 g/mol. The number of esters is 1. The van der Waals surface area contributed by atoms with Gasteiger partial charge in [0.1, 0.15) is 12.4 Å². The van der Waals surface area contributed by atoms with Gasteiger partial charge >= 0.3 is 5.97 Å². The van der Waals surface area contributed by atoms with Crippen LogP contribution < -0.4 is 4.74 Å². The van der Waals surface area contributed by atoms with Crippen molar-refractivity contribution >= 4 is 35.2 Å². The van der Waals surface area contributed by atoms with E-state index in [0.717, 1.165) is 0 Å². The van der Waals surface area contributed by atoms with E-state index in [0.29, 0.717) is 17.9 Å². The highest BCUT2D eigenvalue weighted by Gasteiger charge is 2.27. The molecule has 0 aromatic heterocycles. The molecule has 0 aliphatic carbocycles. The summed E-state index contributed by atoms with van der Waals surface area (Å²) in [7, 11) is 0. The Labute approximate surface area is 159 Å². The first-order chi connectivity index (χ1) is 13.0. The molecule has 0 fully saturated rings. The molecule has 3 rings (SSSR count). The van der Waals surface area contributed by atoms with Crippen molar-refractivity contribution in [2.24, 2.45) is 4.99 Å². The number of nitrogens with zero attached hydrogens (tertiary/aromatic N) is 2. The van der Waals surface area contributed by atoms with Crippen LogP contribution in [-0.2, 0) is 9.53 Å². The van der Waals surface area contributed by atoms with Crippen LogP contribution in [0.2, 0.25) is 5.02 Å². The van der Waals surface area contributed by atoms with Gasteiger partial charge in [-0.25, -0.2) is 9.79 Å². The highest BCUT2D eigenvalue weighted by atomic mass is 35.5. The van der Waals surface area contributed by atoms with Crippen molar-refractivity contribution in [1.82, 2.24) is 0 Å². The molecule has 0 unspecified atom stereocenters. The molecule has 8 heteroatoms. The molecule has 27 heavy (non-hydrogen) atoms. The van der Waals surface area contributed by atoms with Crippen molar-refractivity contribution in [3.05, 3.63) is 87.1 Å². The minimum atomic E-state index is -0.667. The number of aliphatic imine (C=N–C) groups is 1. The Morgan fingerprint density at radius 1 is 1.26 bits per heavy atom. The average Bonchev–Trinajstić information content (AvgIpc) is 3.01. The minimum absolute atomic E-state index is 0.0623. The number of nitro benzene ring substituents is 1. The van der Waals surface area contributed by atoms with E-state index in [2.05, 4.69) is 11.6 Å². The first-order valence-electron chi connectivity index (χ1n) is 7.78. The lowest BCUT2D eigenvalue weighted by Gasteiger charge is -2.02. The topological polar surface area (TPSA) is 91.0 Å². The van der Waals surface area contributed by atoms with Gasteiger partial charge in [-0.2, -0.15) is 0 Å². The predicted octanol–water partition coefficient (Wildman–Crippen LogP) is 4.16. The van der Waals surface area contributed by atoms with Gasteiger partial charge in [0.25, 0.3) is 5.69 Å². The van der Waals surface area contributed by atoms with E-state index >= 15 is 0 Å². The Kier molecular flexibility index (Phi) is 5.33. The molecule has 0 saturated heterocycles. The number of cyclic esters (lactones) is 1. The summed E-state index contributed by atoms with van der Waals surface area (Å²) >= 11 is 6.06. The second-order valence-corrected chi connectivity index (χ2v) is 5.83. The summed E-state index contributed by atoms with van der Waals surface area (Å²) in [6.07, 6.45) is 3.18. The summed E-state index contributed by atoms with van der Waals surface area (Å²) in [5, 5.41) is 11.1. The van der Waals surface area contributed by atoms with Crippen molar-refractivity contribution in [2.75, 3.05) is 6.61 Å². The van der Waals surface area contributed by atoms with Crippen LogP contribution in [0, 0.1) is 10.1 Å². The highest BCUT2D eigenvalue weighted by Crippen LogP contribution is 2.27. The number of carbonyl (C=O) groups excluding carboxylic acids is 1. The molecular weight excluding hydrogens is 372 g/mol. The van der Waals surface area contributed by atoms with Gasteiger partial charge in [0, 0.05) is 12.1 Å². The molecule has 2 aromatic carbocycles. The van der Waals surface area contributed by atoms with E-state index in [-0.39, 0.29) is 27.9 Å². The Bertz CT molecular complexity index is 980. The van der Waals surface area contributed by atoms with Crippen LogP contribution in [0.4, 0.5) is 5.69 Å². The number of non-ortho nitro benzene ring substituents is 1. The SMILES string of the molecule is C=CCOc1ccc(C=C2N=C(c3cc([N+](=O)[O-])ccc3Cl)OC2=O)cc1. The normalized spacial score (nSPS) is 14.6. The number of hydrogen-bond donors (Lipinski definition) is 0. The summed E-state index contributed by atoms with van der Waals surface area (Å²) in [4.78, 5) is 26.6. The monoisotopic (exact) mass is 384 g/mol. The van der Waals surface area contributed by atoms with Crippen LogP contribution >= 0.6 is 11.6 Å². The number of nitro groups is 1. The second kappa shape index (κ2) is 7.84. The quantitative estimate of drug-likeness (QED) is 0.245. The van der Waals surface area contributed by atoms with Gasteiger partial charge in [0.2, 0.25) is 5.90 Å². The highest BCUT2D eigenvalue weighted by molar-refractivity contribution is 6.34. The molecule has 7 nitrogen and oxygen atoms in total. The summed E-state index contributed by atoms with van der Waals surface area (Å²) in [5.41, 5.74) is 0.770. The van der Waals surface area contributed by atoms with Crippen LogP contribution in [-0.4, -0.2) is 23.4 Å². The molecule has 1 aliphatic rings. The van der Waals surface area contributed by atoms with Gasteiger partial charge in [0.05, 0.1) is 15.5 Å². The van der Waals surface area contributed by atoms with Crippen molar-refractivity contribution in [3.8, 4) is 5.75 Å². The molecule has 0 spiro atoms. The van der Waals surface area contributed by atoms with Crippen LogP contribution in [0.3, 0.4) is 0 Å². The molecule has 0 bridgehead atoms. The molecule has 0 radical (unpaired) electrons. The largest absolute Gasteiger partial charge is 0.490 e. The van der Waals surface area contributed by atoms with Crippen molar-refractivity contribution < 1.29 is 19.2 Å². The lowest BCUT2D eigenvalue weighted by atomic mass is 10.2. The Hall–Kier alpha value is -3.45. The van der Waals surface area contributed by atoms with Gasteiger partial charge in [-0.3, -0.25) is 10.1 Å². The molecule has 0 saturated carbocycles. The van der Waals surface area contributed by atoms with E-state index in [1.54, 1.807) is 30.3 Å². The lowest BCUT2D eigenvalue weighted by Crippen LogP contribution is -2.06. The van der Waals surface area contributed by atoms with Crippen molar-refractivity contribution in [1.29, 1.82) is 0 Å². The van der Waals surface area contributed by atoms with E-state index in [1.807, 2.05) is 0 Å². The van der Waals surface area contributed by atoms with E-state index < -0.39 is 10.9 Å². The number of ether oxygens (including phenoxy) is 2. The zero-order valence-corrected chi connectivity index (χ0v) is 14.7. The first-order valence-corrected chi connectivity index (χ1v) is 8.16. The minimum Gasteiger partial charge on any atom is -0.490 e. The molecule has 136 valence electrons. The molecule has 1 heterocycles. The van der Waals surface area contributed by atoms with Gasteiger partial charge in [-0.15, -0.1) is 0 Å². The molecule has 0 atom stereocenters. The fourth-order valence-electron chi connectivity index (χ4n) is 2.29. The summed E-state index contributed by atoms with van der Waals surface area (Å²) < 4.78 is 10.5. The molecule has 1 aliphatic heterocycles. The first kappa shape index (κ1) is 18.3. The zero-order chi connectivity index (χ0) is 19.4. The summed E-state index contributed by atoms with van der Waals surface area (Å²) in [6.45, 7) is 3.97. The maximum absolute atomic E-state index is 12.1. The number of benzene rings is 2. The predicted molar refractivity (Wildman–Crippen MR) is 101 cm³/mol. The Morgan fingerprint density at radius 2 is 2.00 bits per heavy atom. The Morgan fingerprint density at radius 3 is 2.67 bits per heavy atom. The number of halogens is 1. The van der Waals surface area contributed by atoms with E-state index in [1.165, 1.54) is 24.3 Å². The fraction of sp³-hybridized carbons (Fsp3) is 0.0526. The Balaban J connectivity index is 1.88. The maximum atomic E-state index is 12.1. The molecule has 0 amide bonds. The van der Waals surface area contributed by atoms with Crippen molar-refractivity contribution in [2.45, 2.75) is 0 Å². The number of carbonyl (C=O) groups is 1. The van der Waals surface area contributed by atoms with E-state index in [4.69, 9.17) is 21.1 Å². The lowest BCUT2D eigenvalue weighted by molar-refractivity contribution is -0.384. The third kappa shape index (κ3) is 4.21. The summed E-state index contributed by atoms with van der Waals surface area (Å²) in [5.74, 6) is -0.0796. The zero-order valence-electron chi connectivity index (χ0n) is 13.9. The van der Waals surface area contributed by atoms with Crippen molar-refractivity contribution in [3.63, 3.8) is 0 Å². The van der Waals surface area contributed by atoms with Crippen LogP contribution in [0.1, 0.15) is 11.1 Å². The van der Waals surface area contributed by atoms with Crippen LogP contribution in [0.25, 0.3) is 6.08 Å². The molecule has 0 N–H and O–H groups in total. The van der Waals surface area contributed by atoms with Crippen LogP contribution in [0.15, 0.2) is 65.8 Å². The third-order valence-electron chi connectivity index (χ3n) is 3.56. The van der Waals surface area contributed by atoms with Gasteiger partial charge in [-0.05, 0) is 29.8 Å². The van der Waals surface area contributed by atoms with Gasteiger partial charge in [0.15, 0.2) is 5.70 Å². The molecule has 2 aromatic rings. The number of rotatable bonds is 6. The fourth-order valence-corrected chi connectivity index (χ4v) is 2.49. The standard InChI is InChI=1S/C19H13ClN2O5/c1-2-9-26-14-6-3-12(4-7-14)10-17-19(23)27-18(21-17)15-11-13(22(24)25)5-8-16(15)20/h2-8,10-11H,1,9H2. The smallest absolute Gasteiger partial charge is 0.363 e. The van der Waals surface area contributed by atoms with Gasteiger partial charge in [-0.1, -0.05) is 36.4 Å². The number of hydrogen-bond acceptors (Lipinski definition) is 6. The third-order valence-corrected chi connectivity index (χ3v) is 3.89. The van der Waals surface area contributed by atoms with E-state index in [9.17, 15) is 14.9 Å². The molecular formula is C19H13ClN2O5. The van der Waals surface area contributed by atoms with Crippen LogP contribution in [0.5, 0.6) is 5.75 Å².